The predicted octanol–water partition coefficient (Wildman–Crippen LogP) is 0.795. The fraction of sp³-hybridized carbons (Fsp3) is 0.600. The monoisotopic (exact) mass is 309 g/mol. The summed E-state index contributed by atoms with van der Waals surface area (Å²) in [6.45, 7) is 8.92. The van der Waals surface area contributed by atoms with E-state index >= 15 is 0 Å². The van der Waals surface area contributed by atoms with Crippen LogP contribution in [0.5, 0.6) is 0 Å². The lowest BCUT2D eigenvalue weighted by Gasteiger charge is -2.26. The van der Waals surface area contributed by atoms with E-state index in [0.29, 0.717) is 5.56 Å². The summed E-state index contributed by atoms with van der Waals surface area (Å²) in [5.74, 6) is -1.03. The summed E-state index contributed by atoms with van der Waals surface area (Å²) in [5, 5.41) is 8.45. The lowest BCUT2D eigenvalue weighted by atomic mass is 10.0. The van der Waals surface area contributed by atoms with Crippen molar-refractivity contribution in [2.24, 2.45) is 5.92 Å². The molecule has 122 valence electrons. The predicted molar refractivity (Wildman–Crippen MR) is 81.2 cm³/mol. The van der Waals surface area contributed by atoms with Crippen molar-refractivity contribution < 1.29 is 14.3 Å². The van der Waals surface area contributed by atoms with Crippen molar-refractivity contribution in [1.82, 2.24) is 15.5 Å². The first-order chi connectivity index (χ1) is 10.1. The van der Waals surface area contributed by atoms with E-state index < -0.39 is 29.1 Å². The van der Waals surface area contributed by atoms with Crippen LogP contribution in [0.1, 0.15) is 40.2 Å². The first kappa shape index (κ1) is 17.9. The molecule has 2 N–H and O–H groups in total. The molecule has 0 radical (unpaired) electrons. The molecule has 0 spiro atoms. The Bertz CT molecular complexity index is 587. The Balaban J connectivity index is 2.75. The highest BCUT2D eigenvalue weighted by molar-refractivity contribution is 5.85. The van der Waals surface area contributed by atoms with Gasteiger partial charge in [0.05, 0.1) is 6.42 Å². The average Bonchev–Trinajstić information content (AvgIpc) is 2.36. The van der Waals surface area contributed by atoms with Crippen LogP contribution in [0.15, 0.2) is 17.1 Å². The van der Waals surface area contributed by atoms with Gasteiger partial charge in [-0.1, -0.05) is 13.8 Å². The molecule has 0 aliphatic rings. The second kappa shape index (κ2) is 7.20. The number of amides is 1. The zero-order chi connectivity index (χ0) is 16.9. The number of rotatable bonds is 5. The van der Waals surface area contributed by atoms with Crippen LogP contribution in [-0.2, 0) is 20.7 Å². The molecular weight excluding hydrogens is 286 g/mol. The third kappa shape index (κ3) is 5.67. The Labute approximate surface area is 129 Å². The highest BCUT2D eigenvalue weighted by Crippen LogP contribution is 2.12. The molecule has 1 atom stereocenters. The summed E-state index contributed by atoms with van der Waals surface area (Å²) >= 11 is 0. The largest absolute Gasteiger partial charge is 0.458 e. The zero-order valence-electron chi connectivity index (χ0n) is 13.6. The third-order valence-corrected chi connectivity index (χ3v) is 2.80. The van der Waals surface area contributed by atoms with Crippen LogP contribution in [0.2, 0.25) is 0 Å². The van der Waals surface area contributed by atoms with E-state index in [1.165, 1.54) is 12.3 Å². The number of nitrogens with zero attached hydrogens (tertiary/aromatic N) is 1. The van der Waals surface area contributed by atoms with Gasteiger partial charge in [-0.25, -0.2) is 9.89 Å². The highest BCUT2D eigenvalue weighted by Gasteiger charge is 2.29. The van der Waals surface area contributed by atoms with Crippen molar-refractivity contribution in [2.45, 2.75) is 52.7 Å². The smallest absolute Gasteiger partial charge is 0.329 e. The quantitative estimate of drug-likeness (QED) is 0.783. The number of carbonyl (C=O) groups is 2. The molecule has 0 aliphatic carbocycles. The van der Waals surface area contributed by atoms with Crippen LogP contribution in [0.25, 0.3) is 0 Å². The van der Waals surface area contributed by atoms with Crippen LogP contribution < -0.4 is 10.9 Å². The van der Waals surface area contributed by atoms with Gasteiger partial charge in [-0.15, -0.1) is 0 Å². The topological polar surface area (TPSA) is 101 Å². The Hall–Kier alpha value is -2.18. The number of ether oxygens (including phenoxy) is 1. The standard InChI is InChI=1S/C15H23N3O4/c1-9(2)12(14(21)22-15(3,4)5)17-11(19)8-10-6-7-16-18-13(10)20/h6-7,9,12H,8H2,1-5H3,(H,17,19)(H,18,20)/t12-/m0/s1. The average molecular weight is 309 g/mol. The van der Waals surface area contributed by atoms with Gasteiger partial charge in [0.25, 0.3) is 5.56 Å². The maximum absolute atomic E-state index is 12.1. The third-order valence-electron chi connectivity index (χ3n) is 2.80. The van der Waals surface area contributed by atoms with Gasteiger partial charge < -0.3 is 10.1 Å². The fourth-order valence-electron chi connectivity index (χ4n) is 1.77. The van der Waals surface area contributed by atoms with E-state index in [1.54, 1.807) is 20.8 Å². The molecule has 1 aromatic heterocycles. The number of carbonyl (C=O) groups excluding carboxylic acids is 2. The number of nitrogens with one attached hydrogen (secondary N) is 2. The molecule has 7 nitrogen and oxygen atoms in total. The minimum Gasteiger partial charge on any atom is -0.458 e. The van der Waals surface area contributed by atoms with E-state index in [9.17, 15) is 14.4 Å². The summed E-state index contributed by atoms with van der Waals surface area (Å²) in [4.78, 5) is 35.7. The molecule has 0 fully saturated rings. The summed E-state index contributed by atoms with van der Waals surface area (Å²) in [6.07, 6.45) is 1.28. The van der Waals surface area contributed by atoms with Gasteiger partial charge in [0, 0.05) is 11.8 Å². The molecule has 0 aliphatic heterocycles. The summed E-state index contributed by atoms with van der Waals surface area (Å²) in [5.41, 5.74) is -0.757. The molecule has 1 amide bonds. The van der Waals surface area contributed by atoms with E-state index in [1.807, 2.05) is 13.8 Å². The minimum atomic E-state index is -0.757. The van der Waals surface area contributed by atoms with Crippen LogP contribution in [0.3, 0.4) is 0 Å². The van der Waals surface area contributed by atoms with Gasteiger partial charge >= 0.3 is 5.97 Å². The van der Waals surface area contributed by atoms with Crippen LogP contribution in [0.4, 0.5) is 0 Å². The molecule has 0 saturated heterocycles. The van der Waals surface area contributed by atoms with E-state index in [2.05, 4.69) is 15.5 Å². The van der Waals surface area contributed by atoms with Crippen molar-refractivity contribution in [3.8, 4) is 0 Å². The second-order valence-corrected chi connectivity index (χ2v) is 6.41. The van der Waals surface area contributed by atoms with Gasteiger partial charge in [-0.2, -0.15) is 5.10 Å². The molecule has 22 heavy (non-hydrogen) atoms. The first-order valence-electron chi connectivity index (χ1n) is 7.15. The second-order valence-electron chi connectivity index (χ2n) is 6.41. The maximum atomic E-state index is 12.1. The lowest BCUT2D eigenvalue weighted by Crippen LogP contribution is -2.48. The van der Waals surface area contributed by atoms with Gasteiger partial charge in [0.2, 0.25) is 5.91 Å². The Morgan fingerprint density at radius 1 is 1.36 bits per heavy atom. The molecule has 1 aromatic rings. The fourth-order valence-corrected chi connectivity index (χ4v) is 1.77. The SMILES string of the molecule is CC(C)[C@H](NC(=O)Cc1ccn[nH]c1=O)C(=O)OC(C)(C)C. The highest BCUT2D eigenvalue weighted by atomic mass is 16.6. The van der Waals surface area contributed by atoms with E-state index in [0.717, 1.165) is 0 Å². The maximum Gasteiger partial charge on any atom is 0.329 e. The minimum absolute atomic E-state index is 0.121. The molecule has 0 saturated carbocycles. The molecule has 7 heteroatoms. The summed E-state index contributed by atoms with van der Waals surface area (Å²) in [6, 6.07) is 0.712. The van der Waals surface area contributed by atoms with Gasteiger partial charge in [-0.05, 0) is 32.8 Å². The zero-order valence-corrected chi connectivity index (χ0v) is 13.6. The summed E-state index contributed by atoms with van der Waals surface area (Å²) < 4.78 is 5.30. The normalized spacial score (nSPS) is 12.8. The van der Waals surface area contributed by atoms with Crippen molar-refractivity contribution in [3.05, 3.63) is 28.2 Å². The molecule has 0 unspecified atom stereocenters. The Morgan fingerprint density at radius 2 is 2.00 bits per heavy atom. The van der Waals surface area contributed by atoms with Crippen molar-refractivity contribution >= 4 is 11.9 Å². The number of hydrogen-bond donors (Lipinski definition) is 2. The molecule has 1 heterocycles. The number of aromatic amines is 1. The van der Waals surface area contributed by atoms with Gasteiger partial charge in [0.15, 0.2) is 0 Å². The van der Waals surface area contributed by atoms with Crippen LogP contribution >= 0.6 is 0 Å². The van der Waals surface area contributed by atoms with Gasteiger partial charge in [-0.3, -0.25) is 9.59 Å². The number of hydrogen-bond acceptors (Lipinski definition) is 5. The van der Waals surface area contributed by atoms with Crippen LogP contribution in [0, 0.1) is 5.92 Å². The van der Waals surface area contributed by atoms with Crippen molar-refractivity contribution in [1.29, 1.82) is 0 Å². The van der Waals surface area contributed by atoms with Crippen molar-refractivity contribution in [3.63, 3.8) is 0 Å². The van der Waals surface area contributed by atoms with Crippen molar-refractivity contribution in [2.75, 3.05) is 0 Å². The Kier molecular flexibility index (Phi) is 5.84. The lowest BCUT2D eigenvalue weighted by molar-refractivity contribution is -0.159. The molecule has 0 aromatic carbocycles. The number of esters is 1. The molecule has 1 rings (SSSR count). The van der Waals surface area contributed by atoms with Crippen LogP contribution in [-0.4, -0.2) is 33.7 Å². The number of aromatic nitrogens is 2. The van der Waals surface area contributed by atoms with E-state index in [4.69, 9.17) is 4.74 Å². The molecular formula is C15H23N3O4. The van der Waals surface area contributed by atoms with E-state index in [-0.39, 0.29) is 12.3 Å². The van der Waals surface area contributed by atoms with Gasteiger partial charge in [0.1, 0.15) is 11.6 Å². The first-order valence-corrected chi connectivity index (χ1v) is 7.15. The number of H-pyrrole nitrogens is 1. The Morgan fingerprint density at radius 3 is 2.50 bits per heavy atom. The summed E-state index contributed by atoms with van der Waals surface area (Å²) in [7, 11) is 0. The molecule has 0 bridgehead atoms.